The molecular weight excluding hydrogens is 396 g/mol. The van der Waals surface area contributed by atoms with Crippen molar-refractivity contribution < 1.29 is 54.4 Å². The summed E-state index contributed by atoms with van der Waals surface area (Å²) in [6.07, 6.45) is -11.7. The zero-order valence-corrected chi connectivity index (χ0v) is 15.9. The highest BCUT2D eigenvalue weighted by molar-refractivity contribution is 5.73. The van der Waals surface area contributed by atoms with Gasteiger partial charge in [-0.05, 0) is 0 Å². The zero-order chi connectivity index (χ0) is 21.9. The first-order valence-corrected chi connectivity index (χ1v) is 9.05. The average Bonchev–Trinajstić information content (AvgIpc) is 2.65. The highest BCUT2D eigenvalue weighted by Gasteiger charge is 2.51. The van der Waals surface area contributed by atoms with Crippen molar-refractivity contribution in [3.63, 3.8) is 0 Å². The molecule has 8 N–H and O–H groups in total. The summed E-state index contributed by atoms with van der Waals surface area (Å²) < 4.78 is 16.3. The highest BCUT2D eigenvalue weighted by atomic mass is 16.7. The van der Waals surface area contributed by atoms with E-state index in [9.17, 15) is 40.2 Å². The van der Waals surface area contributed by atoms with Gasteiger partial charge in [0.2, 0.25) is 11.8 Å². The number of carbonyl (C=O) groups is 2. The van der Waals surface area contributed by atoms with Crippen LogP contribution in [0.3, 0.4) is 0 Å². The van der Waals surface area contributed by atoms with E-state index in [-0.39, 0.29) is 0 Å². The first-order valence-electron chi connectivity index (χ1n) is 9.05. The second-order valence-corrected chi connectivity index (χ2v) is 7.00. The Kier molecular flexibility index (Phi) is 8.28. The van der Waals surface area contributed by atoms with E-state index in [0.29, 0.717) is 0 Å². The summed E-state index contributed by atoms with van der Waals surface area (Å²) in [5.74, 6) is -1.14. The summed E-state index contributed by atoms with van der Waals surface area (Å²) in [7, 11) is 0. The van der Waals surface area contributed by atoms with Gasteiger partial charge in [0.05, 0.1) is 13.2 Å². The fourth-order valence-electron chi connectivity index (χ4n) is 3.38. The highest BCUT2D eigenvalue weighted by Crippen LogP contribution is 2.28. The summed E-state index contributed by atoms with van der Waals surface area (Å²) in [6.45, 7) is 0.962. The average molecular weight is 424 g/mol. The van der Waals surface area contributed by atoms with Gasteiger partial charge in [-0.2, -0.15) is 0 Å². The number of aliphatic hydroxyl groups excluding tert-OH is 6. The standard InChI is InChI=1S/C16H28N2O11/c1-5(21)17-9-13(25)14(8(4-20)27-15(9)26)29-16-10(18-6(2)22)12(24)11(23)7(3-19)28-16/h7-16,19-20,23-26H,3-4H2,1-2H3,(H,17,21)(H,18,22)/t7-,8-,9-,10-,11-,12-,13-,14-,15+,16-/m1/s1. The molecule has 2 aliphatic rings. The van der Waals surface area contributed by atoms with Gasteiger partial charge < -0.3 is 55.5 Å². The van der Waals surface area contributed by atoms with E-state index in [1.165, 1.54) is 0 Å². The number of rotatable bonds is 6. The first kappa shape index (κ1) is 23.9. The second kappa shape index (κ2) is 10.1. The van der Waals surface area contributed by atoms with Gasteiger partial charge in [-0.25, -0.2) is 0 Å². The minimum atomic E-state index is -1.64. The molecule has 2 aliphatic heterocycles. The molecule has 2 rings (SSSR count). The van der Waals surface area contributed by atoms with Gasteiger partial charge in [0, 0.05) is 13.8 Å². The Bertz CT molecular complexity index is 579. The minimum Gasteiger partial charge on any atom is -0.394 e. The van der Waals surface area contributed by atoms with Crippen LogP contribution in [0.4, 0.5) is 0 Å². The quantitative estimate of drug-likeness (QED) is 0.202. The summed E-state index contributed by atoms with van der Waals surface area (Å²) in [6, 6.07) is -2.59. The summed E-state index contributed by atoms with van der Waals surface area (Å²) in [5, 5.41) is 64.5. The van der Waals surface area contributed by atoms with Crippen LogP contribution in [0, 0.1) is 0 Å². The third-order valence-electron chi connectivity index (χ3n) is 4.78. The van der Waals surface area contributed by atoms with Gasteiger partial charge >= 0.3 is 0 Å². The van der Waals surface area contributed by atoms with Crippen molar-refractivity contribution in [3.8, 4) is 0 Å². The van der Waals surface area contributed by atoms with Crippen LogP contribution in [0.2, 0.25) is 0 Å². The molecule has 168 valence electrons. The van der Waals surface area contributed by atoms with E-state index < -0.39 is 86.3 Å². The van der Waals surface area contributed by atoms with Crippen LogP contribution in [0.5, 0.6) is 0 Å². The molecule has 0 radical (unpaired) electrons. The number of carbonyl (C=O) groups excluding carboxylic acids is 2. The molecule has 10 atom stereocenters. The maximum atomic E-state index is 11.5. The molecule has 0 aromatic rings. The molecule has 0 saturated carbocycles. The molecule has 0 aromatic heterocycles. The third kappa shape index (κ3) is 5.39. The number of ether oxygens (including phenoxy) is 3. The fraction of sp³-hybridized carbons (Fsp3) is 0.875. The van der Waals surface area contributed by atoms with E-state index in [4.69, 9.17) is 14.2 Å². The molecule has 0 spiro atoms. The Balaban J connectivity index is 2.26. The predicted octanol–water partition coefficient (Wildman–Crippen LogP) is -5.11. The Labute approximate surface area is 166 Å². The van der Waals surface area contributed by atoms with Crippen molar-refractivity contribution in [2.45, 2.75) is 75.1 Å². The lowest BCUT2D eigenvalue weighted by Gasteiger charge is -2.47. The molecule has 0 aromatic carbocycles. The Hall–Kier alpha value is -1.42. The van der Waals surface area contributed by atoms with Crippen LogP contribution < -0.4 is 10.6 Å². The molecule has 2 amide bonds. The number of hydrogen-bond acceptors (Lipinski definition) is 11. The van der Waals surface area contributed by atoms with Crippen LogP contribution in [0.25, 0.3) is 0 Å². The van der Waals surface area contributed by atoms with E-state index >= 15 is 0 Å². The smallest absolute Gasteiger partial charge is 0.217 e. The molecule has 13 nitrogen and oxygen atoms in total. The molecule has 13 heteroatoms. The van der Waals surface area contributed by atoms with Crippen molar-refractivity contribution in [3.05, 3.63) is 0 Å². The number of nitrogens with one attached hydrogen (secondary N) is 2. The maximum absolute atomic E-state index is 11.5. The normalized spacial score (nSPS) is 42.9. The van der Waals surface area contributed by atoms with Crippen LogP contribution in [-0.2, 0) is 23.8 Å². The summed E-state index contributed by atoms with van der Waals surface area (Å²) >= 11 is 0. The van der Waals surface area contributed by atoms with Crippen molar-refractivity contribution in [1.82, 2.24) is 10.6 Å². The van der Waals surface area contributed by atoms with Gasteiger partial charge in [0.25, 0.3) is 0 Å². The predicted molar refractivity (Wildman–Crippen MR) is 91.8 cm³/mol. The number of amides is 2. The molecule has 2 saturated heterocycles. The SMILES string of the molecule is CC(=O)N[C@@H]1[C@@H](O)[C@H](O[C@H]2O[C@H](CO)[C@@H](O)[C@H](O)[C@H]2NC(C)=O)[C@@H](CO)O[C@@H]1O. The van der Waals surface area contributed by atoms with Gasteiger partial charge in [-0.15, -0.1) is 0 Å². The first-order chi connectivity index (χ1) is 13.6. The van der Waals surface area contributed by atoms with Crippen LogP contribution in [0.1, 0.15) is 13.8 Å². The Morgan fingerprint density at radius 3 is 1.90 bits per heavy atom. The second-order valence-electron chi connectivity index (χ2n) is 7.00. The molecule has 29 heavy (non-hydrogen) atoms. The molecule has 0 bridgehead atoms. The maximum Gasteiger partial charge on any atom is 0.217 e. The van der Waals surface area contributed by atoms with Crippen molar-refractivity contribution >= 4 is 11.8 Å². The minimum absolute atomic E-state index is 0.568. The lowest BCUT2D eigenvalue weighted by atomic mass is 9.94. The van der Waals surface area contributed by atoms with Crippen molar-refractivity contribution in [2.75, 3.05) is 13.2 Å². The van der Waals surface area contributed by atoms with Crippen molar-refractivity contribution in [2.24, 2.45) is 0 Å². The lowest BCUT2D eigenvalue weighted by Crippen LogP contribution is -2.69. The fourth-order valence-corrected chi connectivity index (χ4v) is 3.38. The van der Waals surface area contributed by atoms with E-state index in [1.54, 1.807) is 0 Å². The number of aliphatic hydroxyl groups is 6. The Morgan fingerprint density at radius 1 is 0.828 bits per heavy atom. The number of hydrogen-bond donors (Lipinski definition) is 8. The Morgan fingerprint density at radius 2 is 1.38 bits per heavy atom. The molecule has 2 fully saturated rings. The zero-order valence-electron chi connectivity index (χ0n) is 15.9. The van der Waals surface area contributed by atoms with Gasteiger partial charge in [-0.1, -0.05) is 0 Å². The van der Waals surface area contributed by atoms with Crippen LogP contribution in [0.15, 0.2) is 0 Å². The molecule has 0 unspecified atom stereocenters. The third-order valence-corrected chi connectivity index (χ3v) is 4.78. The van der Waals surface area contributed by atoms with E-state index in [2.05, 4.69) is 10.6 Å². The van der Waals surface area contributed by atoms with Crippen LogP contribution >= 0.6 is 0 Å². The molecular formula is C16H28N2O11. The van der Waals surface area contributed by atoms with Gasteiger partial charge in [0.15, 0.2) is 12.6 Å². The topological polar surface area (TPSA) is 207 Å². The molecule has 2 heterocycles. The lowest BCUT2D eigenvalue weighted by molar-refractivity contribution is -0.327. The van der Waals surface area contributed by atoms with Crippen LogP contribution in [-0.4, -0.2) is 117 Å². The van der Waals surface area contributed by atoms with Crippen molar-refractivity contribution in [1.29, 1.82) is 0 Å². The summed E-state index contributed by atoms with van der Waals surface area (Å²) in [5.41, 5.74) is 0. The van der Waals surface area contributed by atoms with E-state index in [1.807, 2.05) is 0 Å². The molecule has 0 aliphatic carbocycles. The monoisotopic (exact) mass is 424 g/mol. The largest absolute Gasteiger partial charge is 0.394 e. The van der Waals surface area contributed by atoms with E-state index in [0.717, 1.165) is 13.8 Å². The summed E-state index contributed by atoms with van der Waals surface area (Å²) in [4.78, 5) is 22.8. The van der Waals surface area contributed by atoms with Gasteiger partial charge in [-0.3, -0.25) is 9.59 Å². The van der Waals surface area contributed by atoms with Gasteiger partial charge in [0.1, 0.15) is 48.7 Å².